The predicted molar refractivity (Wildman–Crippen MR) is 55.7 cm³/mol. The van der Waals surface area contributed by atoms with E-state index >= 15 is 0 Å². The summed E-state index contributed by atoms with van der Waals surface area (Å²) in [6.07, 6.45) is 4.35. The van der Waals surface area contributed by atoms with Crippen molar-refractivity contribution in [2.45, 2.75) is 26.2 Å². The van der Waals surface area contributed by atoms with Crippen molar-refractivity contribution in [3.63, 3.8) is 0 Å². The Kier molecular flexibility index (Phi) is 2.39. The van der Waals surface area contributed by atoms with Crippen LogP contribution in [0.4, 0.5) is 0 Å². The van der Waals surface area contributed by atoms with Gasteiger partial charge in [0.15, 0.2) is 0 Å². The second-order valence-electron chi connectivity index (χ2n) is 4.58. The molecule has 1 aliphatic carbocycles. The van der Waals surface area contributed by atoms with Crippen molar-refractivity contribution in [3.8, 4) is 0 Å². The van der Waals surface area contributed by atoms with Crippen molar-refractivity contribution < 1.29 is 0 Å². The maximum atomic E-state index is 4.35. The summed E-state index contributed by atoms with van der Waals surface area (Å²) in [5, 5.41) is 0. The van der Waals surface area contributed by atoms with E-state index in [0.717, 1.165) is 17.1 Å². The molecule has 0 atom stereocenters. The highest BCUT2D eigenvalue weighted by Gasteiger charge is 2.47. The molecular weight excluding hydrogens is 166 g/mol. The van der Waals surface area contributed by atoms with Crippen molar-refractivity contribution in [2.24, 2.45) is 11.3 Å². The molecule has 1 saturated carbocycles. The van der Waals surface area contributed by atoms with Gasteiger partial charge in [0.2, 0.25) is 0 Å². The van der Waals surface area contributed by atoms with E-state index < -0.39 is 0 Å². The van der Waals surface area contributed by atoms with E-state index in [2.05, 4.69) is 24.5 Å². The number of hydrogen-bond donors (Lipinski definition) is 1. The Labute approximate surface area is 80.9 Å². The molecule has 2 fully saturated rings. The van der Waals surface area contributed by atoms with E-state index in [4.69, 9.17) is 0 Å². The van der Waals surface area contributed by atoms with Crippen LogP contribution in [0.2, 0.25) is 0 Å². The first-order valence-corrected chi connectivity index (χ1v) is 5.74. The lowest BCUT2D eigenvalue weighted by Crippen LogP contribution is -2.40. The summed E-state index contributed by atoms with van der Waals surface area (Å²) < 4.78 is 0. The summed E-state index contributed by atoms with van der Waals surface area (Å²) in [5.41, 5.74) is 0.739. The van der Waals surface area contributed by atoms with Gasteiger partial charge in [0.1, 0.15) is 0 Å². The quantitative estimate of drug-likeness (QED) is 0.644. The highest BCUT2D eigenvalue weighted by Crippen LogP contribution is 2.51. The minimum atomic E-state index is 0.739. The molecule has 0 aromatic heterocycles. The molecule has 2 rings (SSSR count). The summed E-state index contributed by atoms with van der Waals surface area (Å²) in [7, 11) is 0. The third-order valence-corrected chi connectivity index (χ3v) is 4.18. The predicted octanol–water partition coefficient (Wildman–Crippen LogP) is 2.04. The molecule has 0 N–H and O–H groups in total. The zero-order chi connectivity index (χ0) is 8.60. The van der Waals surface area contributed by atoms with Crippen LogP contribution in [0.3, 0.4) is 0 Å². The van der Waals surface area contributed by atoms with Gasteiger partial charge in [-0.15, -0.1) is 0 Å². The molecule has 2 aliphatic rings. The summed E-state index contributed by atoms with van der Waals surface area (Å²) in [5.74, 6) is 2.04. The third kappa shape index (κ3) is 1.39. The Hall–Kier alpha value is 0.310. The average Bonchev–Trinajstić information content (AvgIpc) is 2.45. The lowest BCUT2D eigenvalue weighted by molar-refractivity contribution is 0.0788. The SMILES string of the molecule is CCN1CCC2(CC(CS)C2)C1. The lowest BCUT2D eigenvalue weighted by atomic mass is 9.62. The van der Waals surface area contributed by atoms with Crippen molar-refractivity contribution in [2.75, 3.05) is 25.4 Å². The molecule has 1 saturated heterocycles. The Morgan fingerprint density at radius 1 is 1.50 bits per heavy atom. The minimum Gasteiger partial charge on any atom is -0.303 e. The molecule has 1 aliphatic heterocycles. The summed E-state index contributed by atoms with van der Waals surface area (Å²) in [4.78, 5) is 2.59. The highest BCUT2D eigenvalue weighted by molar-refractivity contribution is 7.80. The first kappa shape index (κ1) is 8.89. The van der Waals surface area contributed by atoms with E-state index in [-0.39, 0.29) is 0 Å². The Morgan fingerprint density at radius 3 is 2.75 bits per heavy atom. The average molecular weight is 185 g/mol. The maximum absolute atomic E-state index is 4.35. The van der Waals surface area contributed by atoms with E-state index in [1.165, 1.54) is 38.9 Å². The van der Waals surface area contributed by atoms with Gasteiger partial charge in [0.25, 0.3) is 0 Å². The number of nitrogens with zero attached hydrogens (tertiary/aromatic N) is 1. The molecule has 1 nitrogen and oxygen atoms in total. The number of rotatable bonds is 2. The molecule has 1 heterocycles. The number of thiol groups is 1. The standard InChI is InChI=1S/C10H19NS/c1-2-11-4-3-10(8-11)5-9(6-10)7-12/h9,12H,2-8H2,1H3. The summed E-state index contributed by atoms with van der Waals surface area (Å²) >= 11 is 4.35. The van der Waals surface area contributed by atoms with Gasteiger partial charge in [-0.2, -0.15) is 12.6 Å². The fourth-order valence-electron chi connectivity index (χ4n) is 2.92. The minimum absolute atomic E-state index is 0.739. The number of likely N-dealkylation sites (tertiary alicyclic amines) is 1. The molecule has 0 bridgehead atoms. The Morgan fingerprint density at radius 2 is 2.25 bits per heavy atom. The van der Waals surface area contributed by atoms with Gasteiger partial charge in [-0.25, -0.2) is 0 Å². The van der Waals surface area contributed by atoms with E-state index in [1.807, 2.05) is 0 Å². The van der Waals surface area contributed by atoms with Crippen LogP contribution in [0.5, 0.6) is 0 Å². The fourth-order valence-corrected chi connectivity index (χ4v) is 3.18. The van der Waals surface area contributed by atoms with Crippen LogP contribution in [0, 0.1) is 11.3 Å². The second-order valence-corrected chi connectivity index (χ2v) is 4.94. The van der Waals surface area contributed by atoms with Crippen LogP contribution >= 0.6 is 12.6 Å². The fraction of sp³-hybridized carbons (Fsp3) is 1.00. The molecule has 2 heteroatoms. The van der Waals surface area contributed by atoms with Crippen LogP contribution in [-0.4, -0.2) is 30.3 Å². The first-order chi connectivity index (χ1) is 5.78. The van der Waals surface area contributed by atoms with Crippen molar-refractivity contribution in [1.82, 2.24) is 4.90 Å². The smallest absolute Gasteiger partial charge is 0.00385 e. The van der Waals surface area contributed by atoms with Gasteiger partial charge < -0.3 is 4.90 Å². The summed E-state index contributed by atoms with van der Waals surface area (Å²) in [6.45, 7) is 6.23. The molecule has 0 radical (unpaired) electrons. The van der Waals surface area contributed by atoms with Gasteiger partial charge in [-0.3, -0.25) is 0 Å². The monoisotopic (exact) mass is 185 g/mol. The van der Waals surface area contributed by atoms with Crippen LogP contribution in [0.15, 0.2) is 0 Å². The zero-order valence-corrected chi connectivity index (χ0v) is 8.82. The molecule has 1 spiro atoms. The maximum Gasteiger partial charge on any atom is 0.00385 e. The van der Waals surface area contributed by atoms with E-state index in [9.17, 15) is 0 Å². The van der Waals surface area contributed by atoms with Gasteiger partial charge in [0.05, 0.1) is 0 Å². The van der Waals surface area contributed by atoms with Crippen LogP contribution in [-0.2, 0) is 0 Å². The first-order valence-electron chi connectivity index (χ1n) is 5.11. The second kappa shape index (κ2) is 3.22. The van der Waals surface area contributed by atoms with Crippen molar-refractivity contribution >= 4 is 12.6 Å². The van der Waals surface area contributed by atoms with Crippen LogP contribution in [0.25, 0.3) is 0 Å². The molecular formula is C10H19NS. The highest BCUT2D eigenvalue weighted by atomic mass is 32.1. The van der Waals surface area contributed by atoms with Crippen molar-refractivity contribution in [3.05, 3.63) is 0 Å². The zero-order valence-electron chi connectivity index (χ0n) is 7.92. The molecule has 0 amide bonds. The molecule has 0 unspecified atom stereocenters. The van der Waals surface area contributed by atoms with Crippen LogP contribution in [0.1, 0.15) is 26.2 Å². The molecule has 0 aromatic carbocycles. The van der Waals surface area contributed by atoms with Gasteiger partial charge in [0, 0.05) is 6.54 Å². The van der Waals surface area contributed by atoms with Gasteiger partial charge in [-0.05, 0) is 49.4 Å². The van der Waals surface area contributed by atoms with Gasteiger partial charge >= 0.3 is 0 Å². The molecule has 0 aromatic rings. The van der Waals surface area contributed by atoms with Gasteiger partial charge in [-0.1, -0.05) is 6.92 Å². The Bertz CT molecular complexity index is 163. The molecule has 12 heavy (non-hydrogen) atoms. The van der Waals surface area contributed by atoms with E-state index in [1.54, 1.807) is 0 Å². The van der Waals surface area contributed by atoms with Crippen molar-refractivity contribution in [1.29, 1.82) is 0 Å². The Balaban J connectivity index is 1.84. The molecule has 70 valence electrons. The summed E-state index contributed by atoms with van der Waals surface area (Å²) in [6, 6.07) is 0. The number of hydrogen-bond acceptors (Lipinski definition) is 2. The lowest BCUT2D eigenvalue weighted by Gasteiger charge is -2.45. The van der Waals surface area contributed by atoms with E-state index in [0.29, 0.717) is 0 Å². The topological polar surface area (TPSA) is 3.24 Å². The van der Waals surface area contributed by atoms with Crippen LogP contribution < -0.4 is 0 Å². The largest absolute Gasteiger partial charge is 0.303 e. The normalized spacial score (nSPS) is 42.0. The third-order valence-electron chi connectivity index (χ3n) is 3.67.